The van der Waals surface area contributed by atoms with E-state index in [1.54, 1.807) is 7.11 Å². The molecular formula is C15H24ClNO. The van der Waals surface area contributed by atoms with Gasteiger partial charge in [0.1, 0.15) is 5.75 Å². The average Bonchev–Trinajstić information content (AvgIpc) is 2.32. The molecule has 0 bridgehead atoms. The maximum absolute atomic E-state index is 5.75. The van der Waals surface area contributed by atoms with Crippen LogP contribution in [0.15, 0.2) is 6.07 Å². The number of ether oxygens (including phenoxy) is 1. The summed E-state index contributed by atoms with van der Waals surface area (Å²) in [4.78, 5) is 2.25. The van der Waals surface area contributed by atoms with Crippen LogP contribution >= 0.6 is 11.6 Å². The Hall–Kier alpha value is -0.730. The molecule has 0 N–H and O–H groups in total. The molecule has 0 amide bonds. The molecule has 3 heteroatoms. The summed E-state index contributed by atoms with van der Waals surface area (Å²) < 4.78 is 5.59. The molecule has 0 aliphatic carbocycles. The lowest BCUT2D eigenvalue weighted by molar-refractivity contribution is 0.353. The third kappa shape index (κ3) is 3.63. The average molecular weight is 270 g/mol. The van der Waals surface area contributed by atoms with Crippen LogP contribution in [0, 0.1) is 20.8 Å². The van der Waals surface area contributed by atoms with Crippen molar-refractivity contribution in [3.05, 3.63) is 28.3 Å². The zero-order valence-corrected chi connectivity index (χ0v) is 12.9. The van der Waals surface area contributed by atoms with Gasteiger partial charge < -0.3 is 9.64 Å². The number of likely N-dealkylation sites (N-methyl/N-ethyl adjacent to an activating group) is 1. The first-order valence-electron chi connectivity index (χ1n) is 6.39. The van der Waals surface area contributed by atoms with Gasteiger partial charge >= 0.3 is 0 Å². The van der Waals surface area contributed by atoms with E-state index >= 15 is 0 Å². The largest absolute Gasteiger partial charge is 0.496 e. The van der Waals surface area contributed by atoms with Gasteiger partial charge in [0.15, 0.2) is 0 Å². The van der Waals surface area contributed by atoms with Crippen LogP contribution in [0.3, 0.4) is 0 Å². The van der Waals surface area contributed by atoms with Gasteiger partial charge in [0.05, 0.1) is 7.11 Å². The van der Waals surface area contributed by atoms with Crippen molar-refractivity contribution in [2.24, 2.45) is 0 Å². The van der Waals surface area contributed by atoms with E-state index in [1.807, 2.05) is 0 Å². The summed E-state index contributed by atoms with van der Waals surface area (Å²) in [7, 11) is 3.86. The van der Waals surface area contributed by atoms with Gasteiger partial charge in [-0.3, -0.25) is 0 Å². The van der Waals surface area contributed by atoms with E-state index in [4.69, 9.17) is 16.3 Å². The van der Waals surface area contributed by atoms with Gasteiger partial charge in [0.25, 0.3) is 0 Å². The summed E-state index contributed by atoms with van der Waals surface area (Å²) in [6.07, 6.45) is 1.00. The van der Waals surface area contributed by atoms with Crippen molar-refractivity contribution in [3.63, 3.8) is 0 Å². The van der Waals surface area contributed by atoms with Gasteiger partial charge in [0, 0.05) is 19.0 Å². The van der Waals surface area contributed by atoms with Crippen molar-refractivity contribution in [2.45, 2.75) is 27.2 Å². The van der Waals surface area contributed by atoms with E-state index in [0.717, 1.165) is 25.3 Å². The van der Waals surface area contributed by atoms with Crippen molar-refractivity contribution in [1.29, 1.82) is 0 Å². The van der Waals surface area contributed by atoms with Crippen LogP contribution in [0.4, 0.5) is 0 Å². The van der Waals surface area contributed by atoms with Crippen molar-refractivity contribution < 1.29 is 4.74 Å². The SMILES string of the molecule is COc1c(C)c(C)cc(C)c1CCN(C)CCCl. The molecule has 0 saturated heterocycles. The zero-order valence-electron chi connectivity index (χ0n) is 12.1. The molecule has 0 atom stereocenters. The summed E-state index contributed by atoms with van der Waals surface area (Å²) in [5, 5.41) is 0. The summed E-state index contributed by atoms with van der Waals surface area (Å²) in [6, 6.07) is 2.24. The molecule has 0 unspecified atom stereocenters. The van der Waals surface area contributed by atoms with Gasteiger partial charge in [-0.1, -0.05) is 6.07 Å². The van der Waals surface area contributed by atoms with Crippen LogP contribution in [0.1, 0.15) is 22.3 Å². The van der Waals surface area contributed by atoms with E-state index in [9.17, 15) is 0 Å². The fraction of sp³-hybridized carbons (Fsp3) is 0.600. The van der Waals surface area contributed by atoms with Gasteiger partial charge in [-0.05, 0) is 56.5 Å². The Morgan fingerprint density at radius 1 is 1.17 bits per heavy atom. The second kappa shape index (κ2) is 7.01. The second-order valence-corrected chi connectivity index (χ2v) is 5.27. The lowest BCUT2D eigenvalue weighted by Crippen LogP contribution is -2.23. The molecule has 1 rings (SSSR count). The Morgan fingerprint density at radius 3 is 2.39 bits per heavy atom. The molecule has 2 nitrogen and oxygen atoms in total. The van der Waals surface area contributed by atoms with Crippen molar-refractivity contribution in [3.8, 4) is 5.75 Å². The topological polar surface area (TPSA) is 12.5 Å². The molecule has 102 valence electrons. The van der Waals surface area contributed by atoms with Crippen LogP contribution < -0.4 is 4.74 Å². The van der Waals surface area contributed by atoms with Crippen molar-refractivity contribution >= 4 is 11.6 Å². The molecule has 0 aromatic heterocycles. The number of alkyl halides is 1. The number of hydrogen-bond acceptors (Lipinski definition) is 2. The second-order valence-electron chi connectivity index (χ2n) is 4.89. The van der Waals surface area contributed by atoms with Crippen molar-refractivity contribution in [2.75, 3.05) is 33.1 Å². The Morgan fingerprint density at radius 2 is 1.83 bits per heavy atom. The third-order valence-electron chi connectivity index (χ3n) is 3.53. The predicted molar refractivity (Wildman–Crippen MR) is 79.1 cm³/mol. The summed E-state index contributed by atoms with van der Waals surface area (Å²) in [5.74, 6) is 1.73. The highest BCUT2D eigenvalue weighted by atomic mass is 35.5. The summed E-state index contributed by atoms with van der Waals surface area (Å²) in [6.45, 7) is 8.35. The number of nitrogens with zero attached hydrogens (tertiary/aromatic N) is 1. The highest BCUT2D eigenvalue weighted by molar-refractivity contribution is 6.18. The predicted octanol–water partition coefficient (Wildman–Crippen LogP) is 3.33. The number of hydrogen-bond donors (Lipinski definition) is 0. The first-order chi connectivity index (χ1) is 8.51. The highest BCUT2D eigenvalue weighted by Crippen LogP contribution is 2.29. The number of aryl methyl sites for hydroxylation is 2. The minimum Gasteiger partial charge on any atom is -0.496 e. The third-order valence-corrected chi connectivity index (χ3v) is 3.70. The van der Waals surface area contributed by atoms with Crippen LogP contribution in [-0.2, 0) is 6.42 Å². The fourth-order valence-electron chi connectivity index (χ4n) is 2.25. The first-order valence-corrected chi connectivity index (χ1v) is 6.92. The monoisotopic (exact) mass is 269 g/mol. The molecular weight excluding hydrogens is 246 g/mol. The molecule has 0 saturated carbocycles. The molecule has 0 aliphatic heterocycles. The minimum absolute atomic E-state index is 0.680. The summed E-state index contributed by atoms with van der Waals surface area (Å²) in [5.41, 5.74) is 5.18. The van der Waals surface area contributed by atoms with E-state index < -0.39 is 0 Å². The number of benzene rings is 1. The van der Waals surface area contributed by atoms with Crippen LogP contribution in [0.2, 0.25) is 0 Å². The molecule has 18 heavy (non-hydrogen) atoms. The van der Waals surface area contributed by atoms with Crippen LogP contribution in [-0.4, -0.2) is 38.0 Å². The van der Waals surface area contributed by atoms with E-state index in [1.165, 1.54) is 22.3 Å². The standard InChI is InChI=1S/C15H24ClNO/c1-11-10-12(2)14(15(18-5)13(11)3)6-8-17(4)9-7-16/h10H,6-9H2,1-5H3. The number of methoxy groups -OCH3 is 1. The molecule has 0 aliphatic rings. The van der Waals surface area contributed by atoms with Crippen LogP contribution in [0.25, 0.3) is 0 Å². The maximum atomic E-state index is 5.75. The molecule has 1 aromatic rings. The number of halogens is 1. The molecule has 0 heterocycles. The van der Waals surface area contributed by atoms with Gasteiger partial charge in [-0.2, -0.15) is 0 Å². The van der Waals surface area contributed by atoms with Gasteiger partial charge in [-0.25, -0.2) is 0 Å². The van der Waals surface area contributed by atoms with E-state index in [0.29, 0.717) is 5.88 Å². The van der Waals surface area contributed by atoms with Gasteiger partial charge in [-0.15, -0.1) is 11.6 Å². The molecule has 0 fully saturated rings. The van der Waals surface area contributed by atoms with E-state index in [2.05, 4.69) is 38.8 Å². The smallest absolute Gasteiger partial charge is 0.125 e. The number of rotatable bonds is 6. The van der Waals surface area contributed by atoms with E-state index in [-0.39, 0.29) is 0 Å². The Kier molecular flexibility index (Phi) is 5.97. The highest BCUT2D eigenvalue weighted by Gasteiger charge is 2.12. The summed E-state index contributed by atoms with van der Waals surface area (Å²) >= 11 is 5.75. The van der Waals surface area contributed by atoms with Crippen molar-refractivity contribution in [1.82, 2.24) is 4.90 Å². The Balaban J connectivity index is 2.91. The molecule has 1 aromatic carbocycles. The molecule has 0 radical (unpaired) electrons. The normalized spacial score (nSPS) is 11.1. The fourth-order valence-corrected chi connectivity index (χ4v) is 2.54. The lowest BCUT2D eigenvalue weighted by atomic mass is 9.97. The van der Waals surface area contributed by atoms with Crippen LogP contribution in [0.5, 0.6) is 5.75 Å². The minimum atomic E-state index is 0.680. The first kappa shape index (κ1) is 15.3. The lowest BCUT2D eigenvalue weighted by Gasteiger charge is -2.19. The Labute approximate surface area is 116 Å². The molecule has 0 spiro atoms. The zero-order chi connectivity index (χ0) is 13.7. The quantitative estimate of drug-likeness (QED) is 0.735. The maximum Gasteiger partial charge on any atom is 0.125 e. The Bertz CT molecular complexity index is 404. The van der Waals surface area contributed by atoms with Gasteiger partial charge in [0.2, 0.25) is 0 Å².